The van der Waals surface area contributed by atoms with Gasteiger partial charge in [-0.1, -0.05) is 25.2 Å². The fourth-order valence-electron chi connectivity index (χ4n) is 1.59. The third-order valence-electron chi connectivity index (χ3n) is 2.63. The van der Waals surface area contributed by atoms with Gasteiger partial charge in [0.1, 0.15) is 4.21 Å². The van der Waals surface area contributed by atoms with Crippen molar-refractivity contribution in [1.82, 2.24) is 4.72 Å². The summed E-state index contributed by atoms with van der Waals surface area (Å²) in [5.41, 5.74) is -0.222. The third kappa shape index (κ3) is 4.43. The molecule has 0 saturated carbocycles. The van der Waals surface area contributed by atoms with Gasteiger partial charge in [0.2, 0.25) is 10.0 Å². The molecule has 20 heavy (non-hydrogen) atoms. The van der Waals surface area contributed by atoms with Crippen molar-refractivity contribution in [3.8, 4) is 0 Å². The van der Waals surface area contributed by atoms with E-state index in [2.05, 4.69) is 23.9 Å². The van der Waals surface area contributed by atoms with Gasteiger partial charge in [-0.3, -0.25) is 10.1 Å². The highest BCUT2D eigenvalue weighted by Gasteiger charge is 2.25. The van der Waals surface area contributed by atoms with E-state index >= 15 is 0 Å². The summed E-state index contributed by atoms with van der Waals surface area (Å²) in [6.07, 6.45) is 1.66. The summed E-state index contributed by atoms with van der Waals surface area (Å²) in [5, 5.41) is 13.7. The standard InChI is InChI=1S/C11H19N3O4S2/c1-8(2)5-4-6-13-20(17,18)10-7-9(14(15)16)11(12-3)19-10/h7-8,12-13H,4-6H2,1-3H3. The van der Waals surface area contributed by atoms with Crippen LogP contribution in [-0.2, 0) is 10.0 Å². The van der Waals surface area contributed by atoms with Crippen molar-refractivity contribution >= 4 is 32.0 Å². The monoisotopic (exact) mass is 321 g/mol. The number of rotatable bonds is 8. The van der Waals surface area contributed by atoms with Gasteiger partial charge in [0.05, 0.1) is 4.92 Å². The first kappa shape index (κ1) is 16.9. The zero-order valence-electron chi connectivity index (χ0n) is 11.7. The van der Waals surface area contributed by atoms with Gasteiger partial charge in [-0.05, 0) is 18.8 Å². The molecule has 2 N–H and O–H groups in total. The molecule has 1 aromatic rings. The number of hydrogen-bond donors (Lipinski definition) is 2. The van der Waals surface area contributed by atoms with E-state index in [-0.39, 0.29) is 14.9 Å². The molecule has 0 amide bonds. The SMILES string of the molecule is CNc1sc(S(=O)(=O)NCCCC(C)C)cc1[N+](=O)[O-]. The number of hydrogen-bond acceptors (Lipinski definition) is 6. The molecule has 0 aliphatic rings. The van der Waals surface area contributed by atoms with Crippen molar-refractivity contribution in [2.45, 2.75) is 30.9 Å². The van der Waals surface area contributed by atoms with Crippen LogP contribution in [0.5, 0.6) is 0 Å². The summed E-state index contributed by atoms with van der Waals surface area (Å²) in [6.45, 7) is 4.47. The molecule has 1 rings (SSSR count). The Morgan fingerprint density at radius 1 is 1.45 bits per heavy atom. The maximum absolute atomic E-state index is 12.0. The summed E-state index contributed by atoms with van der Waals surface area (Å²) < 4.78 is 26.5. The molecule has 114 valence electrons. The Morgan fingerprint density at radius 2 is 2.10 bits per heavy atom. The zero-order chi connectivity index (χ0) is 15.3. The lowest BCUT2D eigenvalue weighted by Gasteiger charge is -2.06. The number of thiophene rings is 1. The first-order chi connectivity index (χ1) is 9.27. The maximum atomic E-state index is 12.0. The first-order valence-electron chi connectivity index (χ1n) is 6.23. The quantitative estimate of drug-likeness (QED) is 0.435. The molecule has 0 spiro atoms. The van der Waals surface area contributed by atoms with E-state index < -0.39 is 14.9 Å². The third-order valence-corrected chi connectivity index (χ3v) is 5.71. The normalized spacial score (nSPS) is 11.8. The highest BCUT2D eigenvalue weighted by Crippen LogP contribution is 2.36. The molecule has 0 bridgehead atoms. The second-order valence-corrected chi connectivity index (χ2v) is 7.77. The van der Waals surface area contributed by atoms with Gasteiger partial charge in [0.25, 0.3) is 0 Å². The number of nitrogens with zero attached hydrogens (tertiary/aromatic N) is 1. The van der Waals surface area contributed by atoms with Gasteiger partial charge < -0.3 is 5.32 Å². The first-order valence-corrected chi connectivity index (χ1v) is 8.53. The lowest BCUT2D eigenvalue weighted by molar-refractivity contribution is -0.383. The Bertz CT molecular complexity index is 566. The molecule has 0 atom stereocenters. The fraction of sp³-hybridized carbons (Fsp3) is 0.636. The summed E-state index contributed by atoms with van der Waals surface area (Å²) >= 11 is 0.856. The Morgan fingerprint density at radius 3 is 2.55 bits per heavy atom. The van der Waals surface area contributed by atoms with Crippen LogP contribution in [0, 0.1) is 16.0 Å². The van der Waals surface area contributed by atoms with Crippen molar-refractivity contribution in [2.24, 2.45) is 5.92 Å². The molecule has 0 aliphatic heterocycles. The van der Waals surface area contributed by atoms with Crippen LogP contribution in [0.4, 0.5) is 10.7 Å². The van der Waals surface area contributed by atoms with Crippen molar-refractivity contribution in [1.29, 1.82) is 0 Å². The summed E-state index contributed by atoms with van der Waals surface area (Å²) in [6, 6.07) is 1.08. The molecule has 0 unspecified atom stereocenters. The van der Waals surface area contributed by atoms with Crippen LogP contribution >= 0.6 is 11.3 Å². The van der Waals surface area contributed by atoms with E-state index in [1.54, 1.807) is 0 Å². The number of sulfonamides is 1. The largest absolute Gasteiger partial charge is 0.374 e. The second-order valence-electron chi connectivity index (χ2n) is 4.72. The predicted octanol–water partition coefficient (Wildman–Crippen LogP) is 2.41. The van der Waals surface area contributed by atoms with Crippen molar-refractivity contribution in [3.63, 3.8) is 0 Å². The summed E-state index contributed by atoms with van der Waals surface area (Å²) in [7, 11) is -2.16. The summed E-state index contributed by atoms with van der Waals surface area (Å²) in [5.74, 6) is 0.512. The molecule has 1 aromatic heterocycles. The van der Waals surface area contributed by atoms with E-state index in [9.17, 15) is 18.5 Å². The Labute approximate surface area is 122 Å². The van der Waals surface area contributed by atoms with Crippen molar-refractivity contribution in [2.75, 3.05) is 18.9 Å². The zero-order valence-corrected chi connectivity index (χ0v) is 13.3. The molecule has 1 heterocycles. The molecule has 0 aromatic carbocycles. The van der Waals surface area contributed by atoms with E-state index in [4.69, 9.17) is 0 Å². The predicted molar refractivity (Wildman–Crippen MR) is 79.8 cm³/mol. The average molecular weight is 321 g/mol. The summed E-state index contributed by atoms with van der Waals surface area (Å²) in [4.78, 5) is 10.2. The molecular weight excluding hydrogens is 302 g/mol. The number of nitro groups is 1. The Hall–Kier alpha value is -1.19. The topological polar surface area (TPSA) is 101 Å². The molecular formula is C11H19N3O4S2. The minimum atomic E-state index is -3.68. The van der Waals surface area contributed by atoms with Gasteiger partial charge in [-0.2, -0.15) is 0 Å². The molecule has 0 saturated heterocycles. The van der Waals surface area contributed by atoms with Gasteiger partial charge in [0.15, 0.2) is 5.00 Å². The van der Waals surface area contributed by atoms with Gasteiger partial charge in [0, 0.05) is 19.7 Å². The lowest BCUT2D eigenvalue weighted by atomic mass is 10.1. The Kier molecular flexibility index (Phi) is 5.90. The van der Waals surface area contributed by atoms with E-state index in [0.717, 1.165) is 30.2 Å². The van der Waals surface area contributed by atoms with E-state index in [1.165, 1.54) is 7.05 Å². The highest BCUT2D eigenvalue weighted by atomic mass is 32.2. The van der Waals surface area contributed by atoms with Crippen LogP contribution in [0.2, 0.25) is 0 Å². The highest BCUT2D eigenvalue weighted by molar-refractivity contribution is 7.91. The van der Waals surface area contributed by atoms with Gasteiger partial charge in [-0.25, -0.2) is 13.1 Å². The maximum Gasteiger partial charge on any atom is 0.304 e. The lowest BCUT2D eigenvalue weighted by Crippen LogP contribution is -2.24. The molecule has 7 nitrogen and oxygen atoms in total. The molecule has 0 radical (unpaired) electrons. The van der Waals surface area contributed by atoms with Crippen LogP contribution in [0.1, 0.15) is 26.7 Å². The molecule has 0 fully saturated rings. The fourth-order valence-corrected chi connectivity index (χ4v) is 3.99. The van der Waals surface area contributed by atoms with Crippen molar-refractivity contribution < 1.29 is 13.3 Å². The second kappa shape index (κ2) is 7.00. The Balaban J connectivity index is 2.80. The smallest absolute Gasteiger partial charge is 0.304 e. The number of anilines is 1. The number of nitrogens with one attached hydrogen (secondary N) is 2. The van der Waals surface area contributed by atoms with Gasteiger partial charge in [-0.15, -0.1) is 0 Å². The van der Waals surface area contributed by atoms with Crippen LogP contribution in [0.25, 0.3) is 0 Å². The minimum absolute atomic E-state index is 0.0434. The van der Waals surface area contributed by atoms with Crippen molar-refractivity contribution in [3.05, 3.63) is 16.2 Å². The van der Waals surface area contributed by atoms with E-state index in [1.807, 2.05) is 0 Å². The van der Waals surface area contributed by atoms with Crippen LogP contribution < -0.4 is 10.0 Å². The van der Waals surface area contributed by atoms with Crippen LogP contribution in [0.15, 0.2) is 10.3 Å². The van der Waals surface area contributed by atoms with Crippen LogP contribution in [0.3, 0.4) is 0 Å². The molecule has 0 aliphatic carbocycles. The molecule has 9 heteroatoms. The van der Waals surface area contributed by atoms with Crippen LogP contribution in [-0.4, -0.2) is 26.9 Å². The minimum Gasteiger partial charge on any atom is -0.374 e. The van der Waals surface area contributed by atoms with Gasteiger partial charge >= 0.3 is 5.69 Å². The van der Waals surface area contributed by atoms with E-state index in [0.29, 0.717) is 12.5 Å². The average Bonchev–Trinajstić information content (AvgIpc) is 2.79.